The van der Waals surface area contributed by atoms with Gasteiger partial charge < -0.3 is 10.6 Å². The molecule has 0 spiro atoms. The highest BCUT2D eigenvalue weighted by atomic mass is 35.5. The molecule has 1 saturated carbocycles. The second-order valence-corrected chi connectivity index (χ2v) is 6.76. The van der Waals surface area contributed by atoms with Crippen LogP contribution in [0.4, 0.5) is 18.9 Å². The summed E-state index contributed by atoms with van der Waals surface area (Å²) in [6.45, 7) is 0. The second kappa shape index (κ2) is 8.06. The number of carbonyl (C=O) groups is 2. The third-order valence-electron chi connectivity index (χ3n) is 4.07. The Bertz CT molecular complexity index is 937. The van der Waals surface area contributed by atoms with E-state index in [0.717, 1.165) is 31.1 Å². The van der Waals surface area contributed by atoms with Crippen molar-refractivity contribution in [1.82, 2.24) is 5.32 Å². The number of benzene rings is 2. The topological polar surface area (TPSA) is 58.2 Å². The molecule has 0 saturated heterocycles. The monoisotopic (exact) mass is 408 g/mol. The number of nitrogens with one attached hydrogen (secondary N) is 2. The molecule has 0 bridgehead atoms. The van der Waals surface area contributed by atoms with Crippen molar-refractivity contribution in [3.8, 4) is 0 Å². The maximum absolute atomic E-state index is 12.9. The van der Waals surface area contributed by atoms with Gasteiger partial charge in [0.1, 0.15) is 0 Å². The summed E-state index contributed by atoms with van der Waals surface area (Å²) in [7, 11) is 0. The number of halogens is 4. The van der Waals surface area contributed by atoms with E-state index in [-0.39, 0.29) is 17.5 Å². The van der Waals surface area contributed by atoms with E-state index in [4.69, 9.17) is 11.6 Å². The number of hydrogen-bond donors (Lipinski definition) is 2. The van der Waals surface area contributed by atoms with E-state index in [9.17, 15) is 22.8 Å². The lowest BCUT2D eigenvalue weighted by atomic mass is 10.1. The van der Waals surface area contributed by atoms with Gasteiger partial charge in [-0.1, -0.05) is 29.8 Å². The van der Waals surface area contributed by atoms with Crippen LogP contribution in [0.2, 0.25) is 5.02 Å². The van der Waals surface area contributed by atoms with Crippen molar-refractivity contribution in [3.63, 3.8) is 0 Å². The Kier molecular flexibility index (Phi) is 5.74. The molecule has 0 unspecified atom stereocenters. The molecule has 2 aromatic carbocycles. The first kappa shape index (κ1) is 19.9. The lowest BCUT2D eigenvalue weighted by Gasteiger charge is -2.10. The predicted octanol–water partition coefficient (Wildman–Crippen LogP) is 4.90. The molecule has 0 aromatic heterocycles. The number of anilines is 1. The van der Waals surface area contributed by atoms with Gasteiger partial charge in [-0.2, -0.15) is 13.2 Å². The summed E-state index contributed by atoms with van der Waals surface area (Å²) >= 11 is 5.58. The molecule has 2 aromatic rings. The van der Waals surface area contributed by atoms with Crippen molar-refractivity contribution in [3.05, 3.63) is 70.3 Å². The van der Waals surface area contributed by atoms with Crippen LogP contribution in [0.3, 0.4) is 0 Å². The first-order chi connectivity index (χ1) is 13.2. The Morgan fingerprint density at radius 2 is 1.82 bits per heavy atom. The molecule has 0 aliphatic heterocycles. The van der Waals surface area contributed by atoms with Crippen LogP contribution in [0.25, 0.3) is 6.08 Å². The fourth-order valence-corrected chi connectivity index (χ4v) is 2.72. The summed E-state index contributed by atoms with van der Waals surface area (Å²) < 4.78 is 38.7. The van der Waals surface area contributed by atoms with Crippen LogP contribution in [0.15, 0.2) is 48.5 Å². The van der Waals surface area contributed by atoms with Gasteiger partial charge in [0.2, 0.25) is 5.91 Å². The van der Waals surface area contributed by atoms with Crippen LogP contribution in [0.1, 0.15) is 34.3 Å². The standard InChI is InChI=1S/C20H16ClF3N2O2/c21-16-9-5-12(11-15(16)20(22,23)24)6-10-18(27)26-17-4-2-1-3-14(17)19(28)25-13-7-8-13/h1-6,9-11,13H,7-8H2,(H,25,28)(H,26,27)/b10-6+. The van der Waals surface area contributed by atoms with Gasteiger partial charge in [0, 0.05) is 12.1 Å². The van der Waals surface area contributed by atoms with E-state index in [2.05, 4.69) is 10.6 Å². The van der Waals surface area contributed by atoms with Gasteiger partial charge in [-0.15, -0.1) is 0 Å². The summed E-state index contributed by atoms with van der Waals surface area (Å²) in [6.07, 6.45) is -0.377. The maximum atomic E-state index is 12.9. The molecule has 0 heterocycles. The second-order valence-electron chi connectivity index (χ2n) is 6.35. The van der Waals surface area contributed by atoms with E-state index in [1.165, 1.54) is 12.1 Å². The highest BCUT2D eigenvalue weighted by molar-refractivity contribution is 6.31. The molecule has 3 rings (SSSR count). The third kappa shape index (κ3) is 5.13. The SMILES string of the molecule is O=C(/C=C/c1ccc(Cl)c(C(F)(F)F)c1)Nc1ccccc1C(=O)NC1CC1. The number of carbonyl (C=O) groups excluding carboxylic acids is 2. The van der Waals surface area contributed by atoms with Crippen molar-refractivity contribution in [1.29, 1.82) is 0 Å². The zero-order valence-corrected chi connectivity index (χ0v) is 15.3. The highest BCUT2D eigenvalue weighted by Crippen LogP contribution is 2.35. The van der Waals surface area contributed by atoms with Gasteiger partial charge >= 0.3 is 6.18 Å². The largest absolute Gasteiger partial charge is 0.417 e. The molecule has 146 valence electrons. The Morgan fingerprint density at radius 1 is 1.11 bits per heavy atom. The number of hydrogen-bond acceptors (Lipinski definition) is 2. The van der Waals surface area contributed by atoms with E-state index >= 15 is 0 Å². The molecule has 1 aliphatic rings. The Hall–Kier alpha value is -2.80. The van der Waals surface area contributed by atoms with Crippen molar-refractivity contribution in [2.75, 3.05) is 5.32 Å². The third-order valence-corrected chi connectivity index (χ3v) is 4.39. The molecular formula is C20H16ClF3N2O2. The van der Waals surface area contributed by atoms with E-state index in [0.29, 0.717) is 11.3 Å². The maximum Gasteiger partial charge on any atom is 0.417 e. The molecule has 1 aliphatic carbocycles. The molecule has 4 nitrogen and oxygen atoms in total. The summed E-state index contributed by atoms with van der Waals surface area (Å²) in [6, 6.07) is 10.1. The zero-order valence-electron chi connectivity index (χ0n) is 14.5. The molecule has 0 atom stereocenters. The van der Waals surface area contributed by atoms with E-state index in [1.807, 2.05) is 0 Å². The number of amides is 2. The fourth-order valence-electron chi connectivity index (χ4n) is 2.49. The Morgan fingerprint density at radius 3 is 2.50 bits per heavy atom. The van der Waals surface area contributed by atoms with Crippen LogP contribution in [-0.4, -0.2) is 17.9 Å². The van der Waals surface area contributed by atoms with Gasteiger partial charge in [0.05, 0.1) is 21.8 Å². The van der Waals surface area contributed by atoms with E-state index in [1.54, 1.807) is 24.3 Å². The summed E-state index contributed by atoms with van der Waals surface area (Å²) in [5, 5.41) is 5.00. The average Bonchev–Trinajstić information content (AvgIpc) is 3.44. The molecule has 8 heteroatoms. The minimum absolute atomic E-state index is 0.170. The molecule has 28 heavy (non-hydrogen) atoms. The number of alkyl halides is 3. The smallest absolute Gasteiger partial charge is 0.349 e. The predicted molar refractivity (Wildman–Crippen MR) is 101 cm³/mol. The van der Waals surface area contributed by atoms with E-state index < -0.39 is 22.7 Å². The molecule has 2 amide bonds. The lowest BCUT2D eigenvalue weighted by Crippen LogP contribution is -2.26. The summed E-state index contributed by atoms with van der Waals surface area (Å²) in [4.78, 5) is 24.4. The first-order valence-corrected chi connectivity index (χ1v) is 8.87. The molecular weight excluding hydrogens is 393 g/mol. The van der Waals surface area contributed by atoms with Gasteiger partial charge in [0.25, 0.3) is 5.91 Å². The number of para-hydroxylation sites is 1. The molecule has 1 fully saturated rings. The van der Waals surface area contributed by atoms with Crippen LogP contribution >= 0.6 is 11.6 Å². The normalized spacial score (nSPS) is 14.1. The van der Waals surface area contributed by atoms with Crippen molar-refractivity contribution in [2.45, 2.75) is 25.1 Å². The van der Waals surface area contributed by atoms with Gasteiger partial charge in [-0.3, -0.25) is 9.59 Å². The van der Waals surface area contributed by atoms with Gasteiger partial charge in [0.15, 0.2) is 0 Å². The van der Waals surface area contributed by atoms with Crippen LogP contribution in [0.5, 0.6) is 0 Å². The lowest BCUT2D eigenvalue weighted by molar-refractivity contribution is -0.137. The minimum atomic E-state index is -4.59. The summed E-state index contributed by atoms with van der Waals surface area (Å²) in [5.41, 5.74) is -0.158. The first-order valence-electron chi connectivity index (χ1n) is 8.50. The average molecular weight is 409 g/mol. The minimum Gasteiger partial charge on any atom is -0.349 e. The van der Waals surface area contributed by atoms with Gasteiger partial charge in [-0.25, -0.2) is 0 Å². The Labute approximate surface area is 164 Å². The van der Waals surface area contributed by atoms with Crippen molar-refractivity contribution >= 4 is 35.2 Å². The molecule has 2 N–H and O–H groups in total. The Balaban J connectivity index is 1.72. The van der Waals surface area contributed by atoms with Crippen LogP contribution < -0.4 is 10.6 Å². The quantitative estimate of drug-likeness (QED) is 0.691. The van der Waals surface area contributed by atoms with Crippen molar-refractivity contribution in [2.24, 2.45) is 0 Å². The highest BCUT2D eigenvalue weighted by Gasteiger charge is 2.33. The fraction of sp³-hybridized carbons (Fsp3) is 0.200. The zero-order chi connectivity index (χ0) is 20.3. The van der Waals surface area contributed by atoms with Crippen LogP contribution in [-0.2, 0) is 11.0 Å². The summed E-state index contributed by atoms with van der Waals surface area (Å²) in [5.74, 6) is -0.856. The number of rotatable bonds is 5. The van der Waals surface area contributed by atoms with Crippen molar-refractivity contribution < 1.29 is 22.8 Å². The van der Waals surface area contributed by atoms with Crippen LogP contribution in [0, 0.1) is 0 Å². The molecule has 0 radical (unpaired) electrons. The van der Waals surface area contributed by atoms with Gasteiger partial charge in [-0.05, 0) is 48.7 Å².